The maximum absolute atomic E-state index is 13.4. The van der Waals surface area contributed by atoms with Crippen molar-refractivity contribution in [2.45, 2.75) is 20.4 Å². The van der Waals surface area contributed by atoms with Crippen molar-refractivity contribution in [3.05, 3.63) is 34.6 Å². The average Bonchev–Trinajstić information content (AvgIpc) is 2.39. The fourth-order valence-electron chi connectivity index (χ4n) is 1.65. The Bertz CT molecular complexity index is 538. The molecular weight excluding hydrogens is 281 g/mol. The van der Waals surface area contributed by atoms with Crippen molar-refractivity contribution in [3.63, 3.8) is 0 Å². The van der Waals surface area contributed by atoms with Gasteiger partial charge in [0.25, 0.3) is 0 Å². The molecule has 0 saturated heterocycles. The first-order valence-corrected chi connectivity index (χ1v) is 6.32. The van der Waals surface area contributed by atoms with Crippen LogP contribution in [0.1, 0.15) is 16.7 Å². The van der Waals surface area contributed by atoms with E-state index in [1.165, 1.54) is 0 Å². The highest BCUT2D eigenvalue weighted by Gasteiger charge is 2.13. The third-order valence-corrected chi connectivity index (χ3v) is 2.72. The molecule has 0 aliphatic heterocycles. The van der Waals surface area contributed by atoms with Gasteiger partial charge in [-0.25, -0.2) is 4.39 Å². The number of rotatable bonds is 4. The topological polar surface area (TPSA) is 84.2 Å². The van der Waals surface area contributed by atoms with E-state index in [1.54, 1.807) is 26.0 Å². The van der Waals surface area contributed by atoms with Crippen LogP contribution in [0.2, 0.25) is 0 Å². The first kappa shape index (κ1) is 16.0. The van der Waals surface area contributed by atoms with Crippen molar-refractivity contribution in [3.8, 4) is 0 Å². The summed E-state index contributed by atoms with van der Waals surface area (Å²) >= 11 is 4.58. The van der Waals surface area contributed by atoms with E-state index in [2.05, 4.69) is 22.9 Å². The van der Waals surface area contributed by atoms with E-state index in [0.717, 1.165) is 5.56 Å². The van der Waals surface area contributed by atoms with Crippen molar-refractivity contribution in [2.75, 3.05) is 6.54 Å². The number of benzene rings is 1. The van der Waals surface area contributed by atoms with Crippen molar-refractivity contribution in [1.29, 1.82) is 0 Å². The molecular formula is C13H16FN3O2S. The monoisotopic (exact) mass is 297 g/mol. The van der Waals surface area contributed by atoms with Crippen LogP contribution in [0.15, 0.2) is 12.1 Å². The number of halogens is 1. The molecule has 0 aliphatic carbocycles. The van der Waals surface area contributed by atoms with E-state index >= 15 is 0 Å². The van der Waals surface area contributed by atoms with E-state index in [0.29, 0.717) is 11.1 Å². The lowest BCUT2D eigenvalue weighted by Crippen LogP contribution is -2.42. The van der Waals surface area contributed by atoms with Gasteiger partial charge in [0.1, 0.15) is 5.82 Å². The third kappa shape index (κ3) is 4.58. The van der Waals surface area contributed by atoms with Crippen LogP contribution >= 0.6 is 12.2 Å². The zero-order valence-corrected chi connectivity index (χ0v) is 12.1. The summed E-state index contributed by atoms with van der Waals surface area (Å²) in [5, 5.41) is 4.71. The summed E-state index contributed by atoms with van der Waals surface area (Å²) in [6, 6.07) is 3.24. The summed E-state index contributed by atoms with van der Waals surface area (Å²) in [5.74, 6) is -1.87. The summed E-state index contributed by atoms with van der Waals surface area (Å²) < 4.78 is 13.4. The normalized spacial score (nSPS) is 9.95. The number of carbonyl (C=O) groups excluding carboxylic acids is 2. The Kier molecular flexibility index (Phi) is 5.57. The number of hydrogen-bond acceptors (Lipinski definition) is 3. The second-order valence-electron chi connectivity index (χ2n) is 4.38. The lowest BCUT2D eigenvalue weighted by molar-refractivity contribution is -0.139. The van der Waals surface area contributed by atoms with Crippen LogP contribution in [0.25, 0.3) is 0 Å². The molecule has 0 unspecified atom stereocenters. The van der Waals surface area contributed by atoms with Gasteiger partial charge < -0.3 is 16.4 Å². The minimum Gasteiger partial charge on any atom is -0.392 e. The van der Waals surface area contributed by atoms with Crippen molar-refractivity contribution in [1.82, 2.24) is 10.6 Å². The molecule has 0 atom stereocenters. The highest BCUT2D eigenvalue weighted by Crippen LogP contribution is 2.14. The number of nitrogens with one attached hydrogen (secondary N) is 2. The fraction of sp³-hybridized carbons (Fsp3) is 0.308. The van der Waals surface area contributed by atoms with Gasteiger partial charge in [-0.15, -0.1) is 0 Å². The predicted octanol–water partition coefficient (Wildman–Crippen LogP) is 0.461. The van der Waals surface area contributed by atoms with E-state index in [-0.39, 0.29) is 23.9 Å². The molecule has 1 aromatic rings. The highest BCUT2D eigenvalue weighted by molar-refractivity contribution is 7.80. The lowest BCUT2D eigenvalue weighted by Gasteiger charge is -2.08. The lowest BCUT2D eigenvalue weighted by atomic mass is 10.1. The van der Waals surface area contributed by atoms with Crippen LogP contribution in [-0.4, -0.2) is 23.3 Å². The van der Waals surface area contributed by atoms with Crippen LogP contribution in [0, 0.1) is 19.7 Å². The minimum atomic E-state index is -0.812. The molecule has 0 radical (unpaired) electrons. The van der Waals surface area contributed by atoms with Gasteiger partial charge in [-0.3, -0.25) is 9.59 Å². The molecule has 0 fully saturated rings. The summed E-state index contributed by atoms with van der Waals surface area (Å²) in [4.78, 5) is 22.9. The highest BCUT2D eigenvalue weighted by atomic mass is 32.1. The second kappa shape index (κ2) is 6.95. The Labute approximate surface area is 121 Å². The predicted molar refractivity (Wildman–Crippen MR) is 77.5 cm³/mol. The Hall–Kier alpha value is -2.02. The minimum absolute atomic E-state index is 0.0314. The van der Waals surface area contributed by atoms with Gasteiger partial charge in [-0.1, -0.05) is 24.4 Å². The van der Waals surface area contributed by atoms with Crippen LogP contribution in [0.5, 0.6) is 0 Å². The van der Waals surface area contributed by atoms with E-state index in [4.69, 9.17) is 5.73 Å². The first-order valence-electron chi connectivity index (χ1n) is 5.91. The smallest absolute Gasteiger partial charge is 0.309 e. The molecule has 4 N–H and O–H groups in total. The fourth-order valence-corrected chi connectivity index (χ4v) is 1.72. The molecule has 2 amide bonds. The molecule has 0 aromatic heterocycles. The van der Waals surface area contributed by atoms with Crippen molar-refractivity contribution < 1.29 is 14.0 Å². The molecule has 7 heteroatoms. The van der Waals surface area contributed by atoms with Crippen LogP contribution in [-0.2, 0) is 16.1 Å². The van der Waals surface area contributed by atoms with E-state index < -0.39 is 11.8 Å². The van der Waals surface area contributed by atoms with Gasteiger partial charge in [-0.2, -0.15) is 0 Å². The van der Waals surface area contributed by atoms with Crippen LogP contribution in [0.3, 0.4) is 0 Å². The molecule has 1 rings (SSSR count). The Morgan fingerprint density at radius 3 is 2.20 bits per heavy atom. The number of amides is 2. The summed E-state index contributed by atoms with van der Waals surface area (Å²) in [5.41, 5.74) is 6.91. The quantitative estimate of drug-likeness (QED) is 0.557. The number of thiocarbonyl (C=S) groups is 1. The molecule has 0 spiro atoms. The summed E-state index contributed by atoms with van der Waals surface area (Å²) in [6.45, 7) is 3.39. The SMILES string of the molecule is Cc1cc(CNC(=O)C(=O)NCC(N)=S)cc(C)c1F. The molecule has 108 valence electrons. The van der Waals surface area contributed by atoms with Gasteiger partial charge in [0.15, 0.2) is 0 Å². The standard InChI is InChI=1S/C13H16FN3O2S/c1-7-3-9(4-8(2)11(7)14)5-16-12(18)13(19)17-6-10(15)20/h3-4H,5-6H2,1-2H3,(H2,15,20)(H,16,18)(H,17,19). The number of aryl methyl sites for hydroxylation is 2. The Balaban J connectivity index is 2.57. The van der Waals surface area contributed by atoms with Gasteiger partial charge in [0.2, 0.25) is 0 Å². The molecule has 0 bridgehead atoms. The maximum Gasteiger partial charge on any atom is 0.309 e. The van der Waals surface area contributed by atoms with Crippen molar-refractivity contribution in [2.24, 2.45) is 5.73 Å². The Morgan fingerprint density at radius 2 is 1.70 bits per heavy atom. The number of nitrogens with two attached hydrogens (primary N) is 1. The van der Waals surface area contributed by atoms with Gasteiger partial charge in [0.05, 0.1) is 11.5 Å². The van der Waals surface area contributed by atoms with Crippen molar-refractivity contribution >= 4 is 29.0 Å². The third-order valence-electron chi connectivity index (χ3n) is 2.58. The summed E-state index contributed by atoms with van der Waals surface area (Å²) in [7, 11) is 0. The second-order valence-corrected chi connectivity index (χ2v) is 4.90. The number of carbonyl (C=O) groups is 2. The van der Waals surface area contributed by atoms with E-state index in [9.17, 15) is 14.0 Å². The molecule has 0 aliphatic rings. The van der Waals surface area contributed by atoms with Gasteiger partial charge in [0, 0.05) is 6.54 Å². The Morgan fingerprint density at radius 1 is 1.20 bits per heavy atom. The van der Waals surface area contributed by atoms with Crippen LogP contribution < -0.4 is 16.4 Å². The van der Waals surface area contributed by atoms with Crippen LogP contribution in [0.4, 0.5) is 4.39 Å². The average molecular weight is 297 g/mol. The molecule has 1 aromatic carbocycles. The zero-order chi connectivity index (χ0) is 15.3. The van der Waals surface area contributed by atoms with E-state index in [1.807, 2.05) is 0 Å². The number of hydrogen-bond donors (Lipinski definition) is 3. The first-order chi connectivity index (χ1) is 9.31. The molecule has 0 saturated carbocycles. The maximum atomic E-state index is 13.4. The summed E-state index contributed by atoms with van der Waals surface area (Å²) in [6.07, 6.45) is 0. The molecule has 20 heavy (non-hydrogen) atoms. The largest absolute Gasteiger partial charge is 0.392 e. The van der Waals surface area contributed by atoms with Gasteiger partial charge >= 0.3 is 11.8 Å². The van der Waals surface area contributed by atoms with Gasteiger partial charge in [-0.05, 0) is 30.5 Å². The zero-order valence-electron chi connectivity index (χ0n) is 11.2. The molecule has 0 heterocycles. The molecule has 5 nitrogen and oxygen atoms in total.